The molecule has 180 valence electrons. The largest absolute Gasteiger partial charge is 0.342 e. The lowest BCUT2D eigenvalue weighted by molar-refractivity contribution is 0.679. The van der Waals surface area contributed by atoms with Gasteiger partial charge in [0.05, 0.1) is 17.4 Å². The highest BCUT2D eigenvalue weighted by Crippen LogP contribution is 2.34. The Labute approximate surface area is 211 Å². The minimum absolute atomic E-state index is 0.451. The number of imidazole rings is 1. The first-order valence-corrected chi connectivity index (χ1v) is 13.2. The predicted octanol–water partition coefficient (Wildman–Crippen LogP) is 6.28. The Balaban J connectivity index is 1.08. The summed E-state index contributed by atoms with van der Waals surface area (Å²) in [7, 11) is 0. The second-order valence-electron chi connectivity index (χ2n) is 10.3. The van der Waals surface area contributed by atoms with Gasteiger partial charge in [-0.15, -0.1) is 0 Å². The number of hydrogen-bond donors (Lipinski definition) is 2. The van der Waals surface area contributed by atoms with Crippen LogP contribution in [-0.4, -0.2) is 38.2 Å². The molecule has 36 heavy (non-hydrogen) atoms. The molecule has 2 N–H and O–H groups in total. The third kappa shape index (κ3) is 4.05. The number of benzene rings is 2. The summed E-state index contributed by atoms with van der Waals surface area (Å²) in [5.74, 6) is 2.46. The molecule has 7 rings (SSSR count). The van der Waals surface area contributed by atoms with Gasteiger partial charge >= 0.3 is 0 Å². The Morgan fingerprint density at radius 1 is 0.806 bits per heavy atom. The average molecular weight is 475 g/mol. The first-order chi connectivity index (χ1) is 17.8. The number of H-pyrrole nitrogens is 1. The summed E-state index contributed by atoms with van der Waals surface area (Å²) in [6.07, 6.45) is 14.4. The van der Waals surface area contributed by atoms with Gasteiger partial charge in [0, 0.05) is 53.0 Å². The summed E-state index contributed by atoms with van der Waals surface area (Å²) < 4.78 is 0. The smallest absolute Gasteiger partial charge is 0.159 e. The van der Waals surface area contributed by atoms with Crippen molar-refractivity contribution < 1.29 is 0 Å². The number of rotatable bonds is 5. The summed E-state index contributed by atoms with van der Waals surface area (Å²) in [6.45, 7) is 1.10. The maximum atomic E-state index is 4.86. The molecule has 2 fully saturated rings. The number of allylic oxidation sites excluding steroid dienone is 1. The highest BCUT2D eigenvalue weighted by Gasteiger charge is 2.24. The average Bonchev–Trinajstić information content (AvgIpc) is 3.75. The third-order valence-corrected chi connectivity index (χ3v) is 7.96. The second-order valence-corrected chi connectivity index (χ2v) is 10.3. The Kier molecular flexibility index (Phi) is 5.47. The van der Waals surface area contributed by atoms with Gasteiger partial charge in [-0.3, -0.25) is 4.99 Å². The molecule has 1 saturated carbocycles. The van der Waals surface area contributed by atoms with Crippen molar-refractivity contribution >= 4 is 22.2 Å². The van der Waals surface area contributed by atoms with Crippen LogP contribution in [0.15, 0.2) is 66.1 Å². The van der Waals surface area contributed by atoms with Crippen LogP contribution in [0.5, 0.6) is 0 Å². The minimum atomic E-state index is 0.451. The molecule has 1 saturated heterocycles. The van der Waals surface area contributed by atoms with Gasteiger partial charge in [-0.2, -0.15) is 0 Å². The van der Waals surface area contributed by atoms with E-state index in [9.17, 15) is 0 Å². The fourth-order valence-corrected chi connectivity index (χ4v) is 5.87. The molecule has 0 amide bonds. The number of fused-ring (bicyclic) bond motifs is 1. The van der Waals surface area contributed by atoms with Crippen LogP contribution in [0.25, 0.3) is 39.1 Å². The van der Waals surface area contributed by atoms with E-state index >= 15 is 0 Å². The maximum absolute atomic E-state index is 4.86. The molecule has 2 aromatic heterocycles. The minimum Gasteiger partial charge on any atom is -0.342 e. The van der Waals surface area contributed by atoms with Crippen molar-refractivity contribution in [1.82, 2.24) is 25.3 Å². The van der Waals surface area contributed by atoms with Crippen LogP contribution < -0.4 is 5.32 Å². The van der Waals surface area contributed by atoms with E-state index < -0.39 is 0 Å². The van der Waals surface area contributed by atoms with Gasteiger partial charge in [0.2, 0.25) is 0 Å². The molecule has 1 aliphatic carbocycles. The SMILES string of the molecule is C1=C(c2ccc(-c3ncc4cc(-c5cnc(C6CCCC6)[nH]5)ccc4n3)cc2)CC(C2CCCN2)=N1. The van der Waals surface area contributed by atoms with Crippen molar-refractivity contribution in [2.75, 3.05) is 6.54 Å². The van der Waals surface area contributed by atoms with Gasteiger partial charge in [0.25, 0.3) is 0 Å². The zero-order valence-corrected chi connectivity index (χ0v) is 20.4. The highest BCUT2D eigenvalue weighted by atomic mass is 15.0. The molecule has 4 aromatic rings. The fourth-order valence-electron chi connectivity index (χ4n) is 5.87. The van der Waals surface area contributed by atoms with E-state index in [1.165, 1.54) is 55.4 Å². The monoisotopic (exact) mass is 474 g/mol. The summed E-state index contributed by atoms with van der Waals surface area (Å²) in [6, 6.07) is 15.4. The fraction of sp³-hybridized carbons (Fsp3) is 0.333. The summed E-state index contributed by atoms with van der Waals surface area (Å²) in [5, 5.41) is 4.59. The molecule has 3 aliphatic rings. The molecular weight excluding hydrogens is 444 g/mol. The van der Waals surface area contributed by atoms with Gasteiger partial charge in [-0.05, 0) is 55.5 Å². The highest BCUT2D eigenvalue weighted by molar-refractivity contribution is 6.01. The van der Waals surface area contributed by atoms with E-state index in [4.69, 9.17) is 9.98 Å². The summed E-state index contributed by atoms with van der Waals surface area (Å²) in [5.41, 5.74) is 7.94. The van der Waals surface area contributed by atoms with Gasteiger partial charge in [0.1, 0.15) is 5.82 Å². The number of aromatic amines is 1. The number of nitrogens with zero attached hydrogens (tertiary/aromatic N) is 4. The van der Waals surface area contributed by atoms with E-state index in [1.807, 2.05) is 18.6 Å². The standard InChI is InChI=1S/C30H30N6/c1-2-5-20(4-1)29-34-18-28(36-29)22-11-12-25-24(14-22)17-33-30(35-25)21-9-7-19(8-10-21)23-15-27(32-16-23)26-6-3-13-31-26/h7-12,14,16-18,20,26,31H,1-6,13,15H2,(H,34,36). The molecule has 2 aromatic carbocycles. The van der Waals surface area contributed by atoms with E-state index in [0.29, 0.717) is 12.0 Å². The maximum Gasteiger partial charge on any atom is 0.159 e. The molecule has 0 radical (unpaired) electrons. The van der Waals surface area contributed by atoms with Crippen LogP contribution in [0.3, 0.4) is 0 Å². The molecule has 0 spiro atoms. The lowest BCUT2D eigenvalue weighted by atomic mass is 9.98. The van der Waals surface area contributed by atoms with Crippen molar-refractivity contribution in [2.24, 2.45) is 4.99 Å². The van der Waals surface area contributed by atoms with Crippen LogP contribution >= 0.6 is 0 Å². The molecule has 6 nitrogen and oxygen atoms in total. The molecule has 0 bridgehead atoms. The van der Waals surface area contributed by atoms with Gasteiger partial charge in [-0.1, -0.05) is 43.2 Å². The normalized spacial score (nSPS) is 20.3. The van der Waals surface area contributed by atoms with E-state index in [1.54, 1.807) is 0 Å². The zero-order valence-electron chi connectivity index (χ0n) is 20.4. The Morgan fingerprint density at radius 2 is 1.64 bits per heavy atom. The van der Waals surface area contributed by atoms with Gasteiger partial charge in [-0.25, -0.2) is 15.0 Å². The molecule has 1 unspecified atom stereocenters. The van der Waals surface area contributed by atoms with Crippen molar-refractivity contribution in [3.05, 3.63) is 72.4 Å². The predicted molar refractivity (Wildman–Crippen MR) is 145 cm³/mol. The molecule has 6 heteroatoms. The Morgan fingerprint density at radius 3 is 2.47 bits per heavy atom. The first-order valence-electron chi connectivity index (χ1n) is 13.2. The second kappa shape index (κ2) is 9.10. The first kappa shape index (κ1) is 21.6. The number of hydrogen-bond acceptors (Lipinski definition) is 5. The van der Waals surface area contributed by atoms with E-state index in [2.05, 4.69) is 62.7 Å². The Hall–Kier alpha value is -3.64. The number of aromatic nitrogens is 4. The summed E-state index contributed by atoms with van der Waals surface area (Å²) in [4.78, 5) is 22.5. The van der Waals surface area contributed by atoms with Crippen molar-refractivity contribution in [1.29, 1.82) is 0 Å². The van der Waals surface area contributed by atoms with E-state index in [0.717, 1.165) is 52.3 Å². The van der Waals surface area contributed by atoms with Gasteiger partial charge < -0.3 is 10.3 Å². The molecule has 2 aliphatic heterocycles. The topological polar surface area (TPSA) is 78.8 Å². The van der Waals surface area contributed by atoms with Crippen LogP contribution in [0.1, 0.15) is 62.3 Å². The third-order valence-electron chi connectivity index (χ3n) is 7.96. The van der Waals surface area contributed by atoms with E-state index in [-0.39, 0.29) is 0 Å². The number of nitrogens with one attached hydrogen (secondary N) is 2. The van der Waals surface area contributed by atoms with Gasteiger partial charge in [0.15, 0.2) is 5.82 Å². The van der Waals surface area contributed by atoms with Crippen LogP contribution in [-0.2, 0) is 0 Å². The van der Waals surface area contributed by atoms with Crippen LogP contribution in [0, 0.1) is 0 Å². The van der Waals surface area contributed by atoms with Crippen molar-refractivity contribution in [3.63, 3.8) is 0 Å². The van der Waals surface area contributed by atoms with Crippen LogP contribution in [0.4, 0.5) is 0 Å². The molecule has 1 atom stereocenters. The molecular formula is C30H30N6. The lowest BCUT2D eigenvalue weighted by Gasteiger charge is -2.11. The zero-order chi connectivity index (χ0) is 23.9. The summed E-state index contributed by atoms with van der Waals surface area (Å²) >= 11 is 0. The van der Waals surface area contributed by atoms with Crippen molar-refractivity contribution in [2.45, 2.75) is 56.9 Å². The quantitative estimate of drug-likeness (QED) is 0.357. The lowest BCUT2D eigenvalue weighted by Crippen LogP contribution is -2.29. The molecule has 4 heterocycles. The van der Waals surface area contributed by atoms with Crippen LogP contribution in [0.2, 0.25) is 0 Å². The van der Waals surface area contributed by atoms with Crippen molar-refractivity contribution in [3.8, 4) is 22.6 Å². The Bertz CT molecular complexity index is 1470. The number of aliphatic imine (C=N–C) groups is 1.